The number of carbonyl (C=O) groups excluding carboxylic acids is 3. The van der Waals surface area contributed by atoms with E-state index in [1.54, 1.807) is 0 Å². The van der Waals surface area contributed by atoms with Crippen LogP contribution in [0.1, 0.15) is 265 Å². The van der Waals surface area contributed by atoms with E-state index in [1.807, 2.05) is 0 Å². The molecule has 0 aromatic carbocycles. The lowest BCUT2D eigenvalue weighted by Crippen LogP contribution is -2.30. The van der Waals surface area contributed by atoms with Gasteiger partial charge in [0.25, 0.3) is 0 Å². The first-order valence-electron chi connectivity index (χ1n) is 26.1. The van der Waals surface area contributed by atoms with Crippen molar-refractivity contribution in [2.24, 2.45) is 0 Å². The van der Waals surface area contributed by atoms with E-state index in [1.165, 1.54) is 141 Å². The second kappa shape index (κ2) is 50.0. The summed E-state index contributed by atoms with van der Waals surface area (Å²) in [5.74, 6) is -0.889. The van der Waals surface area contributed by atoms with E-state index in [2.05, 4.69) is 69.4 Å². The summed E-state index contributed by atoms with van der Waals surface area (Å²) in [6, 6.07) is 0. The Bertz CT molecular complexity index is 1070. The Morgan fingerprint density at radius 3 is 0.934 bits per heavy atom. The molecule has 0 aromatic rings. The third kappa shape index (κ3) is 48.3. The number of ether oxygens (including phenoxy) is 3. The van der Waals surface area contributed by atoms with Crippen LogP contribution in [0.3, 0.4) is 0 Å². The van der Waals surface area contributed by atoms with Gasteiger partial charge in [0.1, 0.15) is 13.2 Å². The smallest absolute Gasteiger partial charge is 0.306 e. The van der Waals surface area contributed by atoms with Gasteiger partial charge in [0.2, 0.25) is 0 Å². The lowest BCUT2D eigenvalue weighted by Gasteiger charge is -2.18. The highest BCUT2D eigenvalue weighted by molar-refractivity contribution is 5.71. The van der Waals surface area contributed by atoms with Crippen molar-refractivity contribution in [3.05, 3.63) is 48.6 Å². The molecule has 0 N–H and O–H groups in total. The second-order valence-corrected chi connectivity index (χ2v) is 17.4. The molecule has 6 heteroatoms. The summed E-state index contributed by atoms with van der Waals surface area (Å²) in [5, 5.41) is 0. The number of hydrogen-bond acceptors (Lipinski definition) is 6. The molecule has 0 saturated heterocycles. The van der Waals surface area contributed by atoms with Gasteiger partial charge in [0, 0.05) is 19.3 Å². The van der Waals surface area contributed by atoms with E-state index in [9.17, 15) is 14.4 Å². The second-order valence-electron chi connectivity index (χ2n) is 17.4. The predicted octanol–water partition coefficient (Wildman–Crippen LogP) is 17.1. The van der Waals surface area contributed by atoms with Gasteiger partial charge >= 0.3 is 17.9 Å². The molecule has 0 rings (SSSR count). The van der Waals surface area contributed by atoms with Crippen LogP contribution < -0.4 is 0 Å². The normalized spacial score (nSPS) is 12.4. The topological polar surface area (TPSA) is 78.9 Å². The summed E-state index contributed by atoms with van der Waals surface area (Å²) in [6.07, 6.45) is 59.5. The molecule has 1 atom stereocenters. The molecular weight excluding hydrogens is 757 g/mol. The van der Waals surface area contributed by atoms with Crippen molar-refractivity contribution >= 4 is 17.9 Å². The molecule has 0 spiro atoms. The van der Waals surface area contributed by atoms with Crippen LogP contribution in [0.15, 0.2) is 48.6 Å². The Kier molecular flexibility index (Phi) is 47.9. The van der Waals surface area contributed by atoms with Crippen molar-refractivity contribution < 1.29 is 28.6 Å². The Hall–Kier alpha value is -2.63. The molecule has 0 bridgehead atoms. The average Bonchev–Trinajstić information content (AvgIpc) is 3.26. The maximum absolute atomic E-state index is 12.8. The highest BCUT2D eigenvalue weighted by atomic mass is 16.6. The van der Waals surface area contributed by atoms with E-state index in [4.69, 9.17) is 14.2 Å². The number of carbonyl (C=O) groups is 3. The number of hydrogen-bond donors (Lipinski definition) is 0. The fourth-order valence-electron chi connectivity index (χ4n) is 7.33. The Labute approximate surface area is 378 Å². The minimum absolute atomic E-state index is 0.0772. The predicted molar refractivity (Wildman–Crippen MR) is 261 cm³/mol. The number of allylic oxidation sites excluding steroid dienone is 8. The summed E-state index contributed by atoms with van der Waals surface area (Å²) in [6.45, 7) is 6.57. The summed E-state index contributed by atoms with van der Waals surface area (Å²) >= 11 is 0. The molecule has 0 radical (unpaired) electrons. The summed E-state index contributed by atoms with van der Waals surface area (Å²) in [5.41, 5.74) is 0. The van der Waals surface area contributed by atoms with Gasteiger partial charge in [-0.25, -0.2) is 0 Å². The molecular formula is C55H98O6. The fraction of sp³-hybridized carbons (Fsp3) is 0.800. The molecule has 0 unspecified atom stereocenters. The van der Waals surface area contributed by atoms with E-state index in [0.717, 1.165) is 83.5 Å². The van der Waals surface area contributed by atoms with Gasteiger partial charge in [-0.15, -0.1) is 0 Å². The molecule has 61 heavy (non-hydrogen) atoms. The van der Waals surface area contributed by atoms with Crippen molar-refractivity contribution in [3.63, 3.8) is 0 Å². The summed E-state index contributed by atoms with van der Waals surface area (Å²) in [7, 11) is 0. The van der Waals surface area contributed by atoms with Crippen molar-refractivity contribution in [1.29, 1.82) is 0 Å². The van der Waals surface area contributed by atoms with Crippen LogP contribution in [0, 0.1) is 0 Å². The zero-order valence-electron chi connectivity index (χ0n) is 40.4. The van der Waals surface area contributed by atoms with Gasteiger partial charge in [-0.1, -0.05) is 211 Å². The Morgan fingerprint density at radius 1 is 0.328 bits per heavy atom. The van der Waals surface area contributed by atoms with Crippen molar-refractivity contribution in [2.75, 3.05) is 13.2 Å². The van der Waals surface area contributed by atoms with Gasteiger partial charge in [-0.2, -0.15) is 0 Å². The lowest BCUT2D eigenvalue weighted by molar-refractivity contribution is -0.167. The zero-order chi connectivity index (χ0) is 44.4. The molecule has 0 aliphatic rings. The molecule has 0 heterocycles. The first kappa shape index (κ1) is 58.4. The van der Waals surface area contributed by atoms with Crippen molar-refractivity contribution in [2.45, 2.75) is 271 Å². The third-order valence-electron chi connectivity index (χ3n) is 11.3. The maximum Gasteiger partial charge on any atom is 0.306 e. The molecule has 0 aliphatic heterocycles. The lowest BCUT2D eigenvalue weighted by atomic mass is 10.1. The van der Waals surface area contributed by atoms with Crippen LogP contribution in [-0.4, -0.2) is 37.2 Å². The minimum atomic E-state index is -0.777. The first-order chi connectivity index (χ1) is 30.0. The SMILES string of the molecule is CCCCC/C=C\C/C=C\CCCCCCCCCC(=O)OC[C@@H](COC(=O)CCCCCCCCCCC)OC(=O)CCCCCCCCC/C=C\C/C=C\CCCCC. The fourth-order valence-corrected chi connectivity index (χ4v) is 7.33. The van der Waals surface area contributed by atoms with Gasteiger partial charge in [-0.3, -0.25) is 14.4 Å². The van der Waals surface area contributed by atoms with E-state index < -0.39 is 6.10 Å². The summed E-state index contributed by atoms with van der Waals surface area (Å²) in [4.78, 5) is 37.9. The highest BCUT2D eigenvalue weighted by Crippen LogP contribution is 2.15. The van der Waals surface area contributed by atoms with Crippen LogP contribution in [0.2, 0.25) is 0 Å². The van der Waals surface area contributed by atoms with Crippen LogP contribution in [0.25, 0.3) is 0 Å². The van der Waals surface area contributed by atoms with Gasteiger partial charge in [0.05, 0.1) is 0 Å². The zero-order valence-corrected chi connectivity index (χ0v) is 40.4. The number of esters is 3. The third-order valence-corrected chi connectivity index (χ3v) is 11.3. The Morgan fingerprint density at radius 2 is 0.590 bits per heavy atom. The van der Waals surface area contributed by atoms with E-state index in [0.29, 0.717) is 19.3 Å². The van der Waals surface area contributed by atoms with Crippen LogP contribution >= 0.6 is 0 Å². The van der Waals surface area contributed by atoms with Crippen LogP contribution in [-0.2, 0) is 28.6 Å². The minimum Gasteiger partial charge on any atom is -0.462 e. The molecule has 0 aliphatic carbocycles. The number of rotatable bonds is 47. The van der Waals surface area contributed by atoms with E-state index in [-0.39, 0.29) is 31.1 Å². The molecule has 0 amide bonds. The molecule has 0 saturated carbocycles. The van der Waals surface area contributed by atoms with Gasteiger partial charge in [0.15, 0.2) is 6.10 Å². The summed E-state index contributed by atoms with van der Waals surface area (Å²) < 4.78 is 16.8. The van der Waals surface area contributed by atoms with Crippen molar-refractivity contribution in [1.82, 2.24) is 0 Å². The highest BCUT2D eigenvalue weighted by Gasteiger charge is 2.19. The quantitative estimate of drug-likeness (QED) is 0.0263. The monoisotopic (exact) mass is 855 g/mol. The first-order valence-corrected chi connectivity index (χ1v) is 26.1. The van der Waals surface area contributed by atoms with E-state index >= 15 is 0 Å². The Balaban J connectivity index is 4.33. The molecule has 0 fully saturated rings. The van der Waals surface area contributed by atoms with Gasteiger partial charge in [-0.05, 0) is 83.5 Å². The van der Waals surface area contributed by atoms with Crippen LogP contribution in [0.4, 0.5) is 0 Å². The molecule has 6 nitrogen and oxygen atoms in total. The van der Waals surface area contributed by atoms with Gasteiger partial charge < -0.3 is 14.2 Å². The molecule has 354 valence electrons. The van der Waals surface area contributed by atoms with Crippen LogP contribution in [0.5, 0.6) is 0 Å². The van der Waals surface area contributed by atoms with Crippen molar-refractivity contribution in [3.8, 4) is 0 Å². The number of unbranched alkanes of at least 4 members (excludes halogenated alkanes) is 28. The standard InChI is InChI=1S/C55H98O6/c1-4-7-10-13-16-19-21-23-25-27-29-31-33-36-39-42-45-48-54(57)60-51-52(50-59-53(56)47-44-41-38-35-18-15-12-9-6-3)61-55(58)49-46-43-40-37-34-32-30-28-26-24-22-20-17-14-11-8-5-2/h16-17,19-20,23-26,52H,4-15,18,21-22,27-51H2,1-3H3/b19-16-,20-17-,25-23-,26-24-/t52-/m1/s1. The largest absolute Gasteiger partial charge is 0.462 e. The molecule has 0 aromatic heterocycles. The average molecular weight is 855 g/mol. The maximum atomic E-state index is 12.8.